The average Bonchev–Trinajstić information content (AvgIpc) is 2.50. The van der Waals surface area contributed by atoms with Gasteiger partial charge in [0.25, 0.3) is 0 Å². The average molecular weight is 269 g/mol. The lowest BCUT2D eigenvalue weighted by molar-refractivity contribution is -0.143. The Kier molecular flexibility index (Phi) is 4.91. The largest absolute Gasteiger partial charge is 0.468 e. The van der Waals surface area contributed by atoms with Crippen LogP contribution < -0.4 is 5.32 Å². The lowest BCUT2D eigenvalue weighted by Crippen LogP contribution is -2.29. The molecule has 20 heavy (non-hydrogen) atoms. The van der Waals surface area contributed by atoms with E-state index in [-0.39, 0.29) is 5.97 Å². The summed E-state index contributed by atoms with van der Waals surface area (Å²) in [5.74, 6) is -0.273. The van der Waals surface area contributed by atoms with Gasteiger partial charge in [0, 0.05) is 6.54 Å². The standard InChI is InChI=1S/C17H19NO2/c1-13-8-10-15(11-9-13)16(17(19)20-2)18-12-14-6-4-3-5-7-14/h3-11,16,18H,12H2,1-2H3/t16-/m1/s1. The van der Waals surface area contributed by atoms with Gasteiger partial charge in [-0.05, 0) is 18.1 Å². The minimum absolute atomic E-state index is 0.273. The Labute approximate surface area is 119 Å². The van der Waals surface area contributed by atoms with E-state index in [1.165, 1.54) is 12.7 Å². The van der Waals surface area contributed by atoms with Crippen LogP contribution in [0, 0.1) is 6.92 Å². The minimum Gasteiger partial charge on any atom is -0.468 e. The van der Waals surface area contributed by atoms with Gasteiger partial charge in [0.2, 0.25) is 0 Å². The van der Waals surface area contributed by atoms with Crippen LogP contribution in [-0.4, -0.2) is 13.1 Å². The topological polar surface area (TPSA) is 38.3 Å². The Balaban J connectivity index is 2.12. The number of carbonyl (C=O) groups is 1. The van der Waals surface area contributed by atoms with Gasteiger partial charge in [-0.25, -0.2) is 4.79 Å². The Hall–Kier alpha value is -2.13. The number of nitrogens with one attached hydrogen (secondary N) is 1. The quantitative estimate of drug-likeness (QED) is 0.848. The second-order valence-electron chi connectivity index (χ2n) is 4.73. The fourth-order valence-electron chi connectivity index (χ4n) is 2.03. The number of carbonyl (C=O) groups excluding carboxylic acids is 1. The van der Waals surface area contributed by atoms with Crippen LogP contribution in [0.3, 0.4) is 0 Å². The maximum atomic E-state index is 11.9. The first-order chi connectivity index (χ1) is 9.70. The van der Waals surface area contributed by atoms with Crippen LogP contribution in [-0.2, 0) is 16.1 Å². The first-order valence-electron chi connectivity index (χ1n) is 6.62. The van der Waals surface area contributed by atoms with Crippen molar-refractivity contribution in [2.45, 2.75) is 19.5 Å². The Bertz CT molecular complexity index is 549. The zero-order valence-electron chi connectivity index (χ0n) is 11.8. The van der Waals surface area contributed by atoms with Crippen LogP contribution in [0.1, 0.15) is 22.7 Å². The minimum atomic E-state index is -0.444. The van der Waals surface area contributed by atoms with Crippen molar-refractivity contribution in [1.29, 1.82) is 0 Å². The molecule has 0 amide bonds. The maximum absolute atomic E-state index is 11.9. The van der Waals surface area contributed by atoms with E-state index in [1.807, 2.05) is 61.5 Å². The van der Waals surface area contributed by atoms with Crippen LogP contribution in [0.15, 0.2) is 54.6 Å². The molecule has 0 saturated carbocycles. The van der Waals surface area contributed by atoms with Crippen molar-refractivity contribution >= 4 is 5.97 Å². The van der Waals surface area contributed by atoms with E-state index in [2.05, 4.69) is 5.32 Å². The summed E-state index contributed by atoms with van der Waals surface area (Å²) >= 11 is 0. The predicted octanol–water partition coefficient (Wildman–Crippen LogP) is 3.00. The number of methoxy groups -OCH3 is 1. The molecule has 0 aliphatic rings. The summed E-state index contributed by atoms with van der Waals surface area (Å²) in [7, 11) is 1.41. The van der Waals surface area contributed by atoms with E-state index in [9.17, 15) is 4.79 Å². The molecule has 0 aliphatic heterocycles. The monoisotopic (exact) mass is 269 g/mol. The van der Waals surface area contributed by atoms with Gasteiger partial charge in [-0.1, -0.05) is 60.2 Å². The lowest BCUT2D eigenvalue weighted by Gasteiger charge is -2.17. The zero-order chi connectivity index (χ0) is 14.4. The fourth-order valence-corrected chi connectivity index (χ4v) is 2.03. The van der Waals surface area contributed by atoms with Gasteiger partial charge in [0.05, 0.1) is 7.11 Å². The molecule has 0 unspecified atom stereocenters. The molecule has 0 radical (unpaired) electrons. The Morgan fingerprint density at radius 1 is 1.10 bits per heavy atom. The highest BCUT2D eigenvalue weighted by molar-refractivity contribution is 5.77. The van der Waals surface area contributed by atoms with Crippen LogP contribution in [0.2, 0.25) is 0 Å². The van der Waals surface area contributed by atoms with Crippen molar-refractivity contribution in [1.82, 2.24) is 5.32 Å². The molecule has 0 fully saturated rings. The molecule has 2 rings (SSSR count). The zero-order valence-corrected chi connectivity index (χ0v) is 11.8. The number of ether oxygens (including phenoxy) is 1. The second kappa shape index (κ2) is 6.87. The molecule has 2 aromatic rings. The van der Waals surface area contributed by atoms with Crippen LogP contribution in [0.4, 0.5) is 0 Å². The predicted molar refractivity (Wildman–Crippen MR) is 79.2 cm³/mol. The first-order valence-corrected chi connectivity index (χ1v) is 6.62. The molecule has 0 aromatic heterocycles. The molecule has 104 valence electrons. The second-order valence-corrected chi connectivity index (χ2v) is 4.73. The first kappa shape index (κ1) is 14.3. The third-order valence-electron chi connectivity index (χ3n) is 3.20. The molecule has 0 saturated heterocycles. The van der Waals surface area contributed by atoms with Crippen LogP contribution in [0.5, 0.6) is 0 Å². The molecule has 2 aromatic carbocycles. The summed E-state index contributed by atoms with van der Waals surface area (Å²) in [5.41, 5.74) is 3.22. The van der Waals surface area contributed by atoms with Crippen molar-refractivity contribution in [2.24, 2.45) is 0 Å². The van der Waals surface area contributed by atoms with E-state index >= 15 is 0 Å². The van der Waals surface area contributed by atoms with Gasteiger partial charge in [-0.3, -0.25) is 5.32 Å². The van der Waals surface area contributed by atoms with Gasteiger partial charge in [0.15, 0.2) is 0 Å². The smallest absolute Gasteiger partial charge is 0.327 e. The molecule has 3 nitrogen and oxygen atoms in total. The third-order valence-corrected chi connectivity index (χ3v) is 3.20. The number of hydrogen-bond donors (Lipinski definition) is 1. The van der Waals surface area contributed by atoms with Gasteiger partial charge >= 0.3 is 5.97 Å². The summed E-state index contributed by atoms with van der Waals surface area (Å²) in [6, 6.07) is 17.4. The number of hydrogen-bond acceptors (Lipinski definition) is 3. The van der Waals surface area contributed by atoms with E-state index in [0.717, 1.165) is 11.1 Å². The highest BCUT2D eigenvalue weighted by atomic mass is 16.5. The van der Waals surface area contributed by atoms with Crippen molar-refractivity contribution in [3.8, 4) is 0 Å². The number of aryl methyl sites for hydroxylation is 1. The fraction of sp³-hybridized carbons (Fsp3) is 0.235. The molecular weight excluding hydrogens is 250 g/mol. The van der Waals surface area contributed by atoms with Crippen molar-refractivity contribution < 1.29 is 9.53 Å². The van der Waals surface area contributed by atoms with Crippen molar-refractivity contribution in [3.05, 3.63) is 71.3 Å². The van der Waals surface area contributed by atoms with E-state index in [4.69, 9.17) is 4.74 Å². The van der Waals surface area contributed by atoms with E-state index < -0.39 is 6.04 Å². The molecule has 1 N–H and O–H groups in total. The summed E-state index contributed by atoms with van der Waals surface area (Å²) < 4.78 is 4.88. The van der Waals surface area contributed by atoms with Gasteiger partial charge in [-0.2, -0.15) is 0 Å². The van der Waals surface area contributed by atoms with Gasteiger partial charge in [-0.15, -0.1) is 0 Å². The van der Waals surface area contributed by atoms with Crippen molar-refractivity contribution in [3.63, 3.8) is 0 Å². The summed E-state index contributed by atoms with van der Waals surface area (Å²) in [6.07, 6.45) is 0. The molecule has 1 atom stereocenters. The molecular formula is C17H19NO2. The number of rotatable bonds is 5. The Morgan fingerprint density at radius 2 is 1.75 bits per heavy atom. The number of esters is 1. The van der Waals surface area contributed by atoms with Crippen molar-refractivity contribution in [2.75, 3.05) is 7.11 Å². The molecule has 0 bridgehead atoms. The summed E-state index contributed by atoms with van der Waals surface area (Å²) in [6.45, 7) is 2.64. The lowest BCUT2D eigenvalue weighted by atomic mass is 10.0. The van der Waals surface area contributed by atoms with Gasteiger partial charge < -0.3 is 4.74 Å². The normalized spacial score (nSPS) is 11.9. The van der Waals surface area contributed by atoms with Crippen LogP contribution >= 0.6 is 0 Å². The molecule has 0 heterocycles. The molecule has 0 spiro atoms. The maximum Gasteiger partial charge on any atom is 0.327 e. The van der Waals surface area contributed by atoms with Crippen LogP contribution in [0.25, 0.3) is 0 Å². The van der Waals surface area contributed by atoms with Gasteiger partial charge in [0.1, 0.15) is 6.04 Å². The molecule has 0 aliphatic carbocycles. The molecule has 3 heteroatoms. The highest BCUT2D eigenvalue weighted by Gasteiger charge is 2.20. The third kappa shape index (κ3) is 3.68. The Morgan fingerprint density at radius 3 is 2.35 bits per heavy atom. The van der Waals surface area contributed by atoms with E-state index in [0.29, 0.717) is 6.54 Å². The summed E-state index contributed by atoms with van der Waals surface area (Å²) in [4.78, 5) is 11.9. The van der Waals surface area contributed by atoms with E-state index in [1.54, 1.807) is 0 Å². The summed E-state index contributed by atoms with van der Waals surface area (Å²) in [5, 5.41) is 3.25. The SMILES string of the molecule is COC(=O)[C@H](NCc1ccccc1)c1ccc(C)cc1. The number of benzene rings is 2. The highest BCUT2D eigenvalue weighted by Crippen LogP contribution is 2.16.